The lowest BCUT2D eigenvalue weighted by molar-refractivity contribution is 0.0947. The van der Waals surface area contributed by atoms with Gasteiger partial charge in [0, 0.05) is 49.5 Å². The Bertz CT molecular complexity index is 1030. The first kappa shape index (κ1) is 20.2. The van der Waals surface area contributed by atoms with E-state index >= 15 is 0 Å². The van der Waals surface area contributed by atoms with Gasteiger partial charge in [0.05, 0.1) is 0 Å². The van der Waals surface area contributed by atoms with Crippen LogP contribution in [0.2, 0.25) is 0 Å². The smallest absolute Gasteiger partial charge is 0.272 e. The van der Waals surface area contributed by atoms with Crippen molar-refractivity contribution >= 4 is 22.5 Å². The van der Waals surface area contributed by atoms with Crippen LogP contribution in [0.1, 0.15) is 29.9 Å². The van der Waals surface area contributed by atoms with Crippen LogP contribution in [0.3, 0.4) is 0 Å². The molecule has 4 rings (SSSR count). The van der Waals surface area contributed by atoms with Crippen molar-refractivity contribution in [2.75, 3.05) is 31.1 Å². The number of carbonyl (C=O) groups excluding carboxylic acids is 1. The Morgan fingerprint density at radius 2 is 1.67 bits per heavy atom. The number of nitrogens with one attached hydrogen (secondary N) is 1. The van der Waals surface area contributed by atoms with Crippen LogP contribution in [-0.2, 0) is 6.54 Å². The van der Waals surface area contributed by atoms with E-state index in [2.05, 4.69) is 39.2 Å². The number of rotatable bonds is 5. The minimum atomic E-state index is -0.299. The van der Waals surface area contributed by atoms with Gasteiger partial charge in [0.15, 0.2) is 11.5 Å². The highest BCUT2D eigenvalue weighted by Crippen LogP contribution is 2.27. The van der Waals surface area contributed by atoms with Crippen LogP contribution in [0.4, 0.5) is 10.2 Å². The molecule has 0 radical (unpaired) electrons. The monoisotopic (exact) mass is 407 g/mol. The summed E-state index contributed by atoms with van der Waals surface area (Å²) in [6, 6.07) is 14.4. The van der Waals surface area contributed by atoms with Crippen LogP contribution in [0.15, 0.2) is 48.5 Å². The Morgan fingerprint density at radius 3 is 2.33 bits per heavy atom. The van der Waals surface area contributed by atoms with Gasteiger partial charge in [-0.15, -0.1) is 10.2 Å². The molecular formula is C23H26FN5O. The van der Waals surface area contributed by atoms with Crippen LogP contribution >= 0.6 is 0 Å². The maximum Gasteiger partial charge on any atom is 0.272 e. The maximum absolute atomic E-state index is 13.1. The number of hydrogen-bond acceptors (Lipinski definition) is 5. The summed E-state index contributed by atoms with van der Waals surface area (Å²) in [5.41, 5.74) is 1.12. The number of benzene rings is 2. The number of fused-ring (bicyclic) bond motifs is 1. The number of amides is 1. The molecule has 1 saturated heterocycles. The highest BCUT2D eigenvalue weighted by atomic mass is 19.1. The van der Waals surface area contributed by atoms with Crippen LogP contribution in [0.25, 0.3) is 10.8 Å². The first-order valence-corrected chi connectivity index (χ1v) is 10.3. The van der Waals surface area contributed by atoms with E-state index < -0.39 is 0 Å². The summed E-state index contributed by atoms with van der Waals surface area (Å²) in [6.45, 7) is 8.45. The molecule has 3 aromatic rings. The summed E-state index contributed by atoms with van der Waals surface area (Å²) in [4.78, 5) is 17.5. The van der Waals surface area contributed by atoms with Crippen LogP contribution in [0, 0.1) is 5.82 Å². The molecule has 1 fully saturated rings. The Morgan fingerprint density at radius 1 is 1.00 bits per heavy atom. The van der Waals surface area contributed by atoms with Crippen molar-refractivity contribution in [3.8, 4) is 0 Å². The molecule has 0 bridgehead atoms. The number of piperazine rings is 1. The van der Waals surface area contributed by atoms with Crippen LogP contribution in [-0.4, -0.2) is 53.2 Å². The molecule has 1 aliphatic rings. The van der Waals surface area contributed by atoms with E-state index in [1.807, 2.05) is 24.3 Å². The van der Waals surface area contributed by atoms with Crippen molar-refractivity contribution in [2.24, 2.45) is 0 Å². The van der Waals surface area contributed by atoms with E-state index in [9.17, 15) is 9.18 Å². The van der Waals surface area contributed by atoms with E-state index in [1.165, 1.54) is 12.1 Å². The number of anilines is 1. The van der Waals surface area contributed by atoms with Gasteiger partial charge in [-0.3, -0.25) is 9.69 Å². The molecule has 0 aliphatic carbocycles. The van der Waals surface area contributed by atoms with Crippen molar-refractivity contribution < 1.29 is 9.18 Å². The SMILES string of the molecule is CC(C)N1CCN(c2nnc(C(=O)NCc3ccc(F)cc3)c3ccccc23)CC1. The molecule has 7 heteroatoms. The zero-order valence-corrected chi connectivity index (χ0v) is 17.3. The highest BCUT2D eigenvalue weighted by molar-refractivity contribution is 6.07. The van der Waals surface area contributed by atoms with E-state index in [1.54, 1.807) is 12.1 Å². The molecule has 30 heavy (non-hydrogen) atoms. The van der Waals surface area contributed by atoms with Gasteiger partial charge in [0.25, 0.3) is 5.91 Å². The van der Waals surface area contributed by atoms with Crippen LogP contribution in [0.5, 0.6) is 0 Å². The average molecular weight is 407 g/mol. The van der Waals surface area contributed by atoms with Gasteiger partial charge in [-0.2, -0.15) is 0 Å². The standard InChI is InChI=1S/C23H26FN5O/c1-16(2)28-11-13-29(14-12-28)22-20-6-4-3-5-19(20)21(26-27-22)23(30)25-15-17-7-9-18(24)10-8-17/h3-10,16H,11-15H2,1-2H3,(H,25,30). The van der Waals surface area contributed by atoms with Crippen molar-refractivity contribution in [3.63, 3.8) is 0 Å². The second-order valence-corrected chi connectivity index (χ2v) is 7.84. The molecule has 1 amide bonds. The van der Waals surface area contributed by atoms with E-state index in [4.69, 9.17) is 0 Å². The number of hydrogen-bond donors (Lipinski definition) is 1. The maximum atomic E-state index is 13.1. The van der Waals surface area contributed by atoms with Crippen molar-refractivity contribution in [3.05, 3.63) is 65.6 Å². The third kappa shape index (κ3) is 4.26. The van der Waals surface area contributed by atoms with Gasteiger partial charge in [0.1, 0.15) is 5.82 Å². The predicted molar refractivity (Wildman–Crippen MR) is 116 cm³/mol. The summed E-state index contributed by atoms with van der Waals surface area (Å²) < 4.78 is 13.1. The lowest BCUT2D eigenvalue weighted by atomic mass is 10.1. The molecule has 156 valence electrons. The molecular weight excluding hydrogens is 381 g/mol. The van der Waals surface area contributed by atoms with Crippen molar-refractivity contribution in [1.82, 2.24) is 20.4 Å². The summed E-state index contributed by atoms with van der Waals surface area (Å²) in [7, 11) is 0. The summed E-state index contributed by atoms with van der Waals surface area (Å²) in [5, 5.41) is 13.3. The first-order valence-electron chi connectivity index (χ1n) is 10.3. The zero-order chi connectivity index (χ0) is 21.1. The van der Waals surface area contributed by atoms with Gasteiger partial charge in [-0.1, -0.05) is 36.4 Å². The number of nitrogens with zero attached hydrogens (tertiary/aromatic N) is 4. The Labute approximate surface area is 175 Å². The molecule has 0 unspecified atom stereocenters. The van der Waals surface area contributed by atoms with Crippen LogP contribution < -0.4 is 10.2 Å². The fourth-order valence-corrected chi connectivity index (χ4v) is 3.81. The number of carbonyl (C=O) groups is 1. The largest absolute Gasteiger partial charge is 0.352 e. The number of halogens is 1. The third-order valence-corrected chi connectivity index (χ3v) is 5.59. The fraction of sp³-hybridized carbons (Fsp3) is 0.348. The molecule has 2 heterocycles. The topological polar surface area (TPSA) is 61.4 Å². The van der Waals surface area contributed by atoms with Gasteiger partial charge in [-0.05, 0) is 31.5 Å². The Balaban J connectivity index is 1.55. The fourth-order valence-electron chi connectivity index (χ4n) is 3.81. The second-order valence-electron chi connectivity index (χ2n) is 7.84. The lowest BCUT2D eigenvalue weighted by Gasteiger charge is -2.37. The third-order valence-electron chi connectivity index (χ3n) is 5.59. The lowest BCUT2D eigenvalue weighted by Crippen LogP contribution is -2.49. The molecule has 1 aromatic heterocycles. The second kappa shape index (κ2) is 8.75. The predicted octanol–water partition coefficient (Wildman–Crippen LogP) is 3.23. The highest BCUT2D eigenvalue weighted by Gasteiger charge is 2.23. The Kier molecular flexibility index (Phi) is 5.90. The molecule has 2 aromatic carbocycles. The molecule has 0 atom stereocenters. The van der Waals surface area contributed by atoms with Gasteiger partial charge < -0.3 is 10.2 Å². The molecule has 0 spiro atoms. The quantitative estimate of drug-likeness (QED) is 0.704. The summed E-state index contributed by atoms with van der Waals surface area (Å²) in [5.74, 6) is 0.232. The van der Waals surface area contributed by atoms with Gasteiger partial charge in [-0.25, -0.2) is 4.39 Å². The normalized spacial score (nSPS) is 15.0. The Hall–Kier alpha value is -3.06. The minimum absolute atomic E-state index is 0.292. The molecule has 0 saturated carbocycles. The minimum Gasteiger partial charge on any atom is -0.352 e. The van der Waals surface area contributed by atoms with E-state index in [-0.39, 0.29) is 11.7 Å². The van der Waals surface area contributed by atoms with Crippen molar-refractivity contribution in [2.45, 2.75) is 26.4 Å². The van der Waals surface area contributed by atoms with E-state index in [0.717, 1.165) is 48.3 Å². The average Bonchev–Trinajstić information content (AvgIpc) is 2.78. The van der Waals surface area contributed by atoms with Gasteiger partial charge >= 0.3 is 0 Å². The first-order chi connectivity index (χ1) is 14.5. The van der Waals surface area contributed by atoms with Crippen molar-refractivity contribution in [1.29, 1.82) is 0 Å². The molecule has 6 nitrogen and oxygen atoms in total. The molecule has 1 aliphatic heterocycles. The summed E-state index contributed by atoms with van der Waals surface area (Å²) in [6.07, 6.45) is 0. The number of aromatic nitrogens is 2. The van der Waals surface area contributed by atoms with E-state index in [0.29, 0.717) is 18.3 Å². The summed E-state index contributed by atoms with van der Waals surface area (Å²) >= 11 is 0. The molecule has 1 N–H and O–H groups in total. The zero-order valence-electron chi connectivity index (χ0n) is 17.3. The van der Waals surface area contributed by atoms with Gasteiger partial charge in [0.2, 0.25) is 0 Å².